The maximum Gasteiger partial charge on any atom is 0.407 e. The van der Waals surface area contributed by atoms with Gasteiger partial charge in [-0.3, -0.25) is 4.79 Å². The van der Waals surface area contributed by atoms with Gasteiger partial charge in [0.1, 0.15) is 6.61 Å². The van der Waals surface area contributed by atoms with Gasteiger partial charge in [-0.05, 0) is 40.5 Å². The highest BCUT2D eigenvalue weighted by Gasteiger charge is 2.30. The average Bonchev–Trinajstić information content (AvgIpc) is 2.99. The fourth-order valence-electron chi connectivity index (χ4n) is 4.00. The van der Waals surface area contributed by atoms with Crippen LogP contribution in [0.4, 0.5) is 4.79 Å². The minimum Gasteiger partial charge on any atom is -0.449 e. The second kappa shape index (κ2) is 10.6. The number of fused-ring (bicyclic) bond motifs is 3. The van der Waals surface area contributed by atoms with Crippen molar-refractivity contribution in [1.82, 2.24) is 5.32 Å². The summed E-state index contributed by atoms with van der Waals surface area (Å²) in [7, 11) is 0. The lowest BCUT2D eigenvalue weighted by Crippen LogP contribution is -2.42. The Morgan fingerprint density at radius 2 is 1.50 bits per heavy atom. The third kappa shape index (κ3) is 5.63. The molecule has 30 heavy (non-hydrogen) atoms. The zero-order valence-corrected chi connectivity index (χ0v) is 18.9. The predicted molar refractivity (Wildman–Crippen MR) is 123 cm³/mol. The molecule has 0 saturated carbocycles. The number of rotatable bonds is 8. The molecule has 0 spiro atoms. The number of carbonyl (C=O) groups excluding carboxylic acids is 2. The molecule has 0 aliphatic heterocycles. The second-order valence-corrected chi connectivity index (χ2v) is 8.50. The second-order valence-electron chi connectivity index (χ2n) is 8.50. The van der Waals surface area contributed by atoms with E-state index in [1.54, 1.807) is 0 Å². The van der Waals surface area contributed by atoms with E-state index in [1.807, 2.05) is 52.0 Å². The zero-order valence-electron chi connectivity index (χ0n) is 18.1. The van der Waals surface area contributed by atoms with E-state index in [9.17, 15) is 9.59 Å². The van der Waals surface area contributed by atoms with Crippen LogP contribution in [0.15, 0.2) is 48.5 Å². The molecular formula is C25H31ClNO3. The summed E-state index contributed by atoms with van der Waals surface area (Å²) in [5.74, 6) is 1.39. The van der Waals surface area contributed by atoms with Crippen LogP contribution >= 0.6 is 12.4 Å². The molecule has 1 atom stereocenters. The van der Waals surface area contributed by atoms with Gasteiger partial charge in [-0.25, -0.2) is 4.79 Å². The average molecular weight is 429 g/mol. The molecule has 2 aromatic rings. The van der Waals surface area contributed by atoms with Crippen LogP contribution in [0.2, 0.25) is 0 Å². The number of hydrogen-bond acceptors (Lipinski definition) is 3. The first-order valence-electron chi connectivity index (χ1n) is 10.3. The van der Waals surface area contributed by atoms with Crippen molar-refractivity contribution >= 4 is 24.3 Å². The number of ketones is 1. The molecule has 1 amide bonds. The normalized spacial score (nSPS) is 13.4. The minimum atomic E-state index is -0.528. The molecule has 0 saturated heterocycles. The van der Waals surface area contributed by atoms with E-state index < -0.39 is 12.1 Å². The first kappa shape index (κ1) is 23.9. The van der Waals surface area contributed by atoms with E-state index in [1.165, 1.54) is 22.3 Å². The van der Waals surface area contributed by atoms with Crippen LogP contribution in [0.25, 0.3) is 11.1 Å². The smallest absolute Gasteiger partial charge is 0.407 e. The Morgan fingerprint density at radius 3 is 2.00 bits per heavy atom. The number of Topliss-reactive ketones (excluding diaryl/α,β-unsaturated/α-hetero) is 1. The molecule has 161 valence electrons. The molecule has 5 heteroatoms. The fourth-order valence-corrected chi connectivity index (χ4v) is 4.00. The van der Waals surface area contributed by atoms with Gasteiger partial charge in [-0.2, -0.15) is 0 Å². The van der Waals surface area contributed by atoms with Crippen molar-refractivity contribution in [3.8, 4) is 11.1 Å². The van der Waals surface area contributed by atoms with Crippen molar-refractivity contribution in [2.75, 3.05) is 6.61 Å². The summed E-state index contributed by atoms with van der Waals surface area (Å²) in [5, 5.41) is 2.80. The van der Waals surface area contributed by atoms with Crippen molar-refractivity contribution in [2.24, 2.45) is 5.92 Å². The highest BCUT2D eigenvalue weighted by Crippen LogP contribution is 2.44. The van der Waals surface area contributed by atoms with Crippen molar-refractivity contribution in [3.63, 3.8) is 0 Å². The lowest BCUT2D eigenvalue weighted by molar-refractivity contribution is -0.121. The number of amides is 1. The van der Waals surface area contributed by atoms with E-state index >= 15 is 0 Å². The maximum absolute atomic E-state index is 12.5. The Morgan fingerprint density at radius 1 is 0.967 bits per heavy atom. The number of nitrogens with one attached hydrogen (secondary N) is 1. The number of hydrogen-bond donors (Lipinski definition) is 1. The Hall–Kier alpha value is -2.33. The number of benzene rings is 2. The van der Waals surface area contributed by atoms with Gasteiger partial charge in [0.25, 0.3) is 0 Å². The lowest BCUT2D eigenvalue weighted by Gasteiger charge is -2.21. The van der Waals surface area contributed by atoms with Gasteiger partial charge >= 0.3 is 6.09 Å². The number of halogens is 1. The molecular weight excluding hydrogens is 398 g/mol. The van der Waals surface area contributed by atoms with E-state index in [-0.39, 0.29) is 30.7 Å². The lowest BCUT2D eigenvalue weighted by atomic mass is 9.95. The van der Waals surface area contributed by atoms with E-state index in [2.05, 4.69) is 29.6 Å². The molecule has 1 N–H and O–H groups in total. The highest BCUT2D eigenvalue weighted by molar-refractivity contribution is 5.88. The topological polar surface area (TPSA) is 55.4 Å². The number of ether oxygens (including phenoxy) is 1. The van der Waals surface area contributed by atoms with E-state index in [0.29, 0.717) is 18.8 Å². The summed E-state index contributed by atoms with van der Waals surface area (Å²) in [6.07, 6.45) is 0.455. The number of carbonyl (C=O) groups is 2. The van der Waals surface area contributed by atoms with Crippen LogP contribution in [0, 0.1) is 11.8 Å². The molecule has 1 aliphatic carbocycles. The molecule has 0 bridgehead atoms. The number of alkyl carbamates (subject to hydrolysis) is 1. The third-order valence-electron chi connectivity index (χ3n) is 5.26. The van der Waals surface area contributed by atoms with Gasteiger partial charge < -0.3 is 10.1 Å². The Bertz CT molecular complexity index is 833. The van der Waals surface area contributed by atoms with E-state index in [4.69, 9.17) is 4.74 Å². The molecule has 4 nitrogen and oxygen atoms in total. The Balaban J connectivity index is 0.00000320. The standard InChI is InChI=1S/C25H30NO3.ClH/c1-16(2)13-23(24(27)14-17(3)4)26-25(28)29-15-22-20-11-7-5-9-18(20)19-10-6-8-12-21(19)22;/h5-12,16,22-23H,13-15H2,1-4H3,(H,26,28);1H/t23-;/m1./s1. The largest absolute Gasteiger partial charge is 0.449 e. The van der Waals surface area contributed by atoms with Crippen LogP contribution < -0.4 is 5.32 Å². The quantitative estimate of drug-likeness (QED) is 0.566. The SMILES string of the molecule is C[C](C)CC(=O)[C@@H](CC(C)C)NC(=O)OCC1c2ccccc2-c2ccccc21.Cl. The van der Waals surface area contributed by atoms with Crippen molar-refractivity contribution < 1.29 is 14.3 Å². The van der Waals surface area contributed by atoms with Gasteiger partial charge in [-0.1, -0.05) is 76.2 Å². The van der Waals surface area contributed by atoms with Gasteiger partial charge in [0.15, 0.2) is 5.78 Å². The first-order chi connectivity index (χ1) is 13.9. The van der Waals surface area contributed by atoms with Crippen molar-refractivity contribution in [3.05, 3.63) is 65.6 Å². The van der Waals surface area contributed by atoms with E-state index in [0.717, 1.165) is 5.92 Å². The molecule has 0 aromatic heterocycles. The molecule has 0 unspecified atom stereocenters. The maximum atomic E-state index is 12.5. The molecule has 0 fully saturated rings. The van der Waals surface area contributed by atoms with Crippen molar-refractivity contribution in [2.45, 2.75) is 52.5 Å². The molecule has 1 aliphatic rings. The summed E-state index contributed by atoms with van der Waals surface area (Å²) in [6, 6.07) is 16.0. The van der Waals surface area contributed by atoms with Crippen LogP contribution in [-0.2, 0) is 9.53 Å². The summed E-state index contributed by atoms with van der Waals surface area (Å²) in [5.41, 5.74) is 4.73. The molecule has 2 aromatic carbocycles. The summed E-state index contributed by atoms with van der Waals surface area (Å²) in [6.45, 7) is 8.20. The van der Waals surface area contributed by atoms with Crippen LogP contribution in [0.5, 0.6) is 0 Å². The fraction of sp³-hybridized carbons (Fsp3) is 0.400. The Labute approximate surface area is 185 Å². The van der Waals surface area contributed by atoms with Crippen molar-refractivity contribution in [1.29, 1.82) is 0 Å². The monoisotopic (exact) mass is 428 g/mol. The minimum absolute atomic E-state index is 0. The van der Waals surface area contributed by atoms with Gasteiger partial charge in [-0.15, -0.1) is 12.4 Å². The predicted octanol–water partition coefficient (Wildman–Crippen LogP) is 5.94. The summed E-state index contributed by atoms with van der Waals surface area (Å²) in [4.78, 5) is 25.0. The summed E-state index contributed by atoms with van der Waals surface area (Å²) < 4.78 is 5.60. The zero-order chi connectivity index (χ0) is 21.0. The molecule has 1 radical (unpaired) electrons. The van der Waals surface area contributed by atoms with Crippen LogP contribution in [0.3, 0.4) is 0 Å². The van der Waals surface area contributed by atoms with Gasteiger partial charge in [0.05, 0.1) is 6.04 Å². The Kier molecular flexibility index (Phi) is 8.48. The molecule has 0 heterocycles. The van der Waals surface area contributed by atoms with Gasteiger partial charge in [0, 0.05) is 12.3 Å². The van der Waals surface area contributed by atoms with Crippen LogP contribution in [-0.4, -0.2) is 24.5 Å². The first-order valence-corrected chi connectivity index (χ1v) is 10.3. The third-order valence-corrected chi connectivity index (χ3v) is 5.26. The van der Waals surface area contributed by atoms with Gasteiger partial charge in [0.2, 0.25) is 0 Å². The van der Waals surface area contributed by atoms with Crippen LogP contribution in [0.1, 0.15) is 57.6 Å². The molecule has 3 rings (SSSR count). The summed E-state index contributed by atoms with van der Waals surface area (Å²) >= 11 is 0. The highest BCUT2D eigenvalue weighted by atomic mass is 35.5.